The van der Waals surface area contributed by atoms with Crippen molar-refractivity contribution in [3.05, 3.63) is 36.0 Å². The highest BCUT2D eigenvalue weighted by atomic mass is 127. The molecule has 9 nitrogen and oxygen atoms in total. The average Bonchev–Trinajstić information content (AvgIpc) is 3.59. The second-order valence-electron chi connectivity index (χ2n) is 10.6. The highest BCUT2D eigenvalue weighted by Crippen LogP contribution is 2.46. The van der Waals surface area contributed by atoms with E-state index < -0.39 is 35.7 Å². The second kappa shape index (κ2) is 12.7. The molecule has 3 rings (SSSR count). The molecule has 3 aliphatic heterocycles. The summed E-state index contributed by atoms with van der Waals surface area (Å²) in [5, 5.41) is 24.3. The van der Waals surface area contributed by atoms with Crippen molar-refractivity contribution >= 4 is 34.5 Å². The van der Waals surface area contributed by atoms with Crippen LogP contribution in [0.3, 0.4) is 0 Å². The fourth-order valence-corrected chi connectivity index (χ4v) is 5.35. The molecule has 1 amide bonds. The van der Waals surface area contributed by atoms with Gasteiger partial charge in [-0.1, -0.05) is 53.3 Å². The SMILES string of the molecule is CC(=O)OC(C)/C=C\C(=O)NC1CC(C)C(C/C=C(C)/C=C/C2OC(O)(CI)CC3(CO3)C2O)OC1C. The maximum Gasteiger partial charge on any atom is 0.303 e. The minimum absolute atomic E-state index is 0.00907. The predicted octanol–water partition coefficient (Wildman–Crippen LogP) is 2.73. The molecule has 37 heavy (non-hydrogen) atoms. The number of halogens is 1. The number of allylic oxidation sites excluding steroid dienone is 2. The Labute approximate surface area is 232 Å². The lowest BCUT2D eigenvalue weighted by molar-refractivity contribution is -0.268. The van der Waals surface area contributed by atoms with Crippen molar-refractivity contribution in [2.24, 2.45) is 5.92 Å². The van der Waals surface area contributed by atoms with Gasteiger partial charge in [-0.15, -0.1) is 0 Å². The molecule has 0 aromatic heterocycles. The van der Waals surface area contributed by atoms with Crippen molar-refractivity contribution in [1.82, 2.24) is 5.32 Å². The topological polar surface area (TPSA) is 127 Å². The van der Waals surface area contributed by atoms with Crippen LogP contribution in [-0.2, 0) is 28.5 Å². The van der Waals surface area contributed by atoms with Crippen LogP contribution < -0.4 is 5.32 Å². The van der Waals surface area contributed by atoms with E-state index in [1.54, 1.807) is 19.1 Å². The van der Waals surface area contributed by atoms with Crippen molar-refractivity contribution in [2.45, 2.75) is 102 Å². The number of carbonyl (C=O) groups is 2. The number of amides is 1. The second-order valence-corrected chi connectivity index (χ2v) is 11.3. The van der Waals surface area contributed by atoms with Gasteiger partial charge in [0.15, 0.2) is 5.79 Å². The molecule has 208 valence electrons. The Morgan fingerprint density at radius 1 is 1.27 bits per heavy atom. The van der Waals surface area contributed by atoms with Crippen LogP contribution in [0, 0.1) is 5.92 Å². The molecular weight excluding hydrogens is 593 g/mol. The van der Waals surface area contributed by atoms with Crippen molar-refractivity contribution in [2.75, 3.05) is 11.0 Å². The monoisotopic (exact) mass is 633 g/mol. The Morgan fingerprint density at radius 3 is 2.59 bits per heavy atom. The van der Waals surface area contributed by atoms with Crippen LogP contribution in [0.25, 0.3) is 0 Å². The molecule has 9 atom stereocenters. The summed E-state index contributed by atoms with van der Waals surface area (Å²) in [6, 6.07) is -0.115. The van der Waals surface area contributed by atoms with Crippen LogP contribution in [0.1, 0.15) is 53.9 Å². The molecule has 3 fully saturated rings. The number of aliphatic hydroxyl groups excluding tert-OH is 1. The Balaban J connectivity index is 1.50. The first-order chi connectivity index (χ1) is 17.4. The molecule has 0 radical (unpaired) electrons. The Bertz CT molecular complexity index is 916. The lowest BCUT2D eigenvalue weighted by atomic mass is 9.87. The van der Waals surface area contributed by atoms with Gasteiger partial charge in [0.25, 0.3) is 0 Å². The van der Waals surface area contributed by atoms with Gasteiger partial charge in [0, 0.05) is 19.4 Å². The van der Waals surface area contributed by atoms with E-state index in [1.165, 1.54) is 13.0 Å². The molecule has 0 bridgehead atoms. The van der Waals surface area contributed by atoms with Gasteiger partial charge in [-0.25, -0.2) is 0 Å². The highest BCUT2D eigenvalue weighted by molar-refractivity contribution is 14.1. The fourth-order valence-electron chi connectivity index (χ4n) is 4.90. The summed E-state index contributed by atoms with van der Waals surface area (Å²) in [5.74, 6) is -1.72. The molecule has 1 spiro atoms. The van der Waals surface area contributed by atoms with E-state index >= 15 is 0 Å². The lowest BCUT2D eigenvalue weighted by Gasteiger charge is -2.41. The third-order valence-corrected chi connectivity index (χ3v) is 8.33. The number of carbonyl (C=O) groups excluding carboxylic acids is 2. The van der Waals surface area contributed by atoms with Gasteiger partial charge >= 0.3 is 5.97 Å². The Hall–Kier alpha value is -1.31. The van der Waals surface area contributed by atoms with Crippen LogP contribution in [0.5, 0.6) is 0 Å². The highest BCUT2D eigenvalue weighted by Gasteiger charge is 2.62. The molecule has 3 N–H and O–H groups in total. The molecule has 10 heteroatoms. The number of aliphatic hydroxyl groups is 2. The summed E-state index contributed by atoms with van der Waals surface area (Å²) in [6.07, 6.45) is 8.38. The zero-order valence-corrected chi connectivity index (χ0v) is 24.3. The zero-order chi connectivity index (χ0) is 27.4. The van der Waals surface area contributed by atoms with Gasteiger partial charge < -0.3 is 34.5 Å². The molecule has 0 aromatic carbocycles. The van der Waals surface area contributed by atoms with Gasteiger partial charge in [-0.3, -0.25) is 9.59 Å². The predicted molar refractivity (Wildman–Crippen MR) is 146 cm³/mol. The zero-order valence-electron chi connectivity index (χ0n) is 22.2. The van der Waals surface area contributed by atoms with Crippen molar-refractivity contribution in [3.8, 4) is 0 Å². The molecule has 0 aromatic rings. The number of rotatable bonds is 9. The third kappa shape index (κ3) is 8.34. The molecular formula is C27H40INO8. The Morgan fingerprint density at radius 2 is 1.97 bits per heavy atom. The van der Waals surface area contributed by atoms with E-state index in [0.717, 1.165) is 12.0 Å². The van der Waals surface area contributed by atoms with Crippen LogP contribution in [0.4, 0.5) is 0 Å². The van der Waals surface area contributed by atoms with Crippen molar-refractivity contribution in [3.63, 3.8) is 0 Å². The molecule has 0 saturated carbocycles. The first kappa shape index (κ1) is 30.2. The van der Waals surface area contributed by atoms with Gasteiger partial charge in [0.1, 0.15) is 23.9 Å². The summed E-state index contributed by atoms with van der Waals surface area (Å²) >= 11 is 2.08. The normalized spacial score (nSPS) is 39.2. The van der Waals surface area contributed by atoms with E-state index in [-0.39, 0.29) is 36.5 Å². The lowest BCUT2D eigenvalue weighted by Crippen LogP contribution is -2.56. The molecule has 3 heterocycles. The van der Waals surface area contributed by atoms with E-state index in [1.807, 2.05) is 19.9 Å². The fraction of sp³-hybridized carbons (Fsp3) is 0.704. The van der Waals surface area contributed by atoms with Crippen LogP contribution >= 0.6 is 22.6 Å². The molecule has 9 unspecified atom stereocenters. The summed E-state index contributed by atoms with van der Waals surface area (Å²) in [4.78, 5) is 23.3. The number of hydrogen-bond donors (Lipinski definition) is 3. The summed E-state index contributed by atoms with van der Waals surface area (Å²) in [7, 11) is 0. The van der Waals surface area contributed by atoms with E-state index in [4.69, 9.17) is 18.9 Å². The number of esters is 1. The standard InChI is InChI=1S/C27H40INO8/c1-16(7-10-23-25(32)26(15-34-26)13-27(33,14-28)37-23)6-9-22-17(2)12-21(19(4)36-22)29-24(31)11-8-18(3)35-20(5)30/h6-8,10-11,17-19,21-23,25,32-33H,9,12-15H2,1-5H3,(H,29,31)/b10-7+,11-8-,16-6+. The van der Waals surface area contributed by atoms with Gasteiger partial charge in [0.05, 0.1) is 29.3 Å². The van der Waals surface area contributed by atoms with Crippen molar-refractivity contribution in [1.29, 1.82) is 0 Å². The maximum absolute atomic E-state index is 12.3. The van der Waals surface area contributed by atoms with Gasteiger partial charge in [-0.2, -0.15) is 0 Å². The average molecular weight is 634 g/mol. The number of hydrogen-bond acceptors (Lipinski definition) is 8. The summed E-state index contributed by atoms with van der Waals surface area (Å²) in [6.45, 7) is 9.49. The van der Waals surface area contributed by atoms with E-state index in [2.05, 4.69) is 40.9 Å². The van der Waals surface area contributed by atoms with Gasteiger partial charge in [-0.05, 0) is 45.6 Å². The molecule has 0 aliphatic carbocycles. The first-order valence-electron chi connectivity index (χ1n) is 12.8. The number of alkyl halides is 1. The number of nitrogens with one attached hydrogen (secondary N) is 1. The first-order valence-corrected chi connectivity index (χ1v) is 14.3. The molecule has 3 aliphatic rings. The van der Waals surface area contributed by atoms with E-state index in [9.17, 15) is 19.8 Å². The van der Waals surface area contributed by atoms with Crippen LogP contribution in [0.2, 0.25) is 0 Å². The van der Waals surface area contributed by atoms with Crippen LogP contribution in [-0.4, -0.2) is 81.1 Å². The van der Waals surface area contributed by atoms with Crippen molar-refractivity contribution < 1.29 is 38.7 Å². The Kier molecular flexibility index (Phi) is 10.4. The molecule has 3 saturated heterocycles. The summed E-state index contributed by atoms with van der Waals surface area (Å²) in [5.41, 5.74) is 0.283. The largest absolute Gasteiger partial charge is 0.459 e. The van der Waals surface area contributed by atoms with Crippen LogP contribution in [0.15, 0.2) is 36.0 Å². The van der Waals surface area contributed by atoms with Gasteiger partial charge in [0.2, 0.25) is 5.91 Å². The smallest absolute Gasteiger partial charge is 0.303 e. The van der Waals surface area contributed by atoms with E-state index in [0.29, 0.717) is 17.5 Å². The minimum Gasteiger partial charge on any atom is -0.459 e. The number of ether oxygens (including phenoxy) is 4. The quantitative estimate of drug-likeness (QED) is 0.0885. The minimum atomic E-state index is -1.31. The third-order valence-electron chi connectivity index (χ3n) is 7.14. The number of epoxide rings is 1. The summed E-state index contributed by atoms with van der Waals surface area (Å²) < 4.78 is 22.9. The maximum atomic E-state index is 12.3.